The van der Waals surface area contributed by atoms with Gasteiger partial charge in [0, 0.05) is 18.0 Å². The molecule has 1 aliphatic heterocycles. The minimum absolute atomic E-state index is 0.0470. The fourth-order valence-electron chi connectivity index (χ4n) is 3.26. The molecule has 2 rings (SSSR count). The highest BCUT2D eigenvalue weighted by atomic mass is 16.5. The van der Waals surface area contributed by atoms with Crippen LogP contribution < -0.4 is 15.4 Å². The molecule has 1 aliphatic rings. The molecule has 1 aromatic rings. The van der Waals surface area contributed by atoms with Crippen molar-refractivity contribution >= 4 is 17.7 Å². The molecule has 0 bridgehead atoms. The van der Waals surface area contributed by atoms with E-state index < -0.39 is 12.1 Å². The van der Waals surface area contributed by atoms with Gasteiger partial charge in [-0.15, -0.1) is 0 Å². The predicted molar refractivity (Wildman–Crippen MR) is 107 cm³/mol. The number of piperidine rings is 1. The number of carbonyl (C=O) groups is 3. The fourth-order valence-corrected chi connectivity index (χ4v) is 3.26. The summed E-state index contributed by atoms with van der Waals surface area (Å²) in [6, 6.07) is 6.29. The van der Waals surface area contributed by atoms with Crippen LogP contribution in [0.1, 0.15) is 44.0 Å². The molecule has 3 amide bonds. The average Bonchev–Trinajstić information content (AvgIpc) is 2.71. The molecule has 0 saturated carbocycles. The molecule has 0 radical (unpaired) electrons. The van der Waals surface area contributed by atoms with E-state index in [0.29, 0.717) is 44.0 Å². The zero-order valence-electron chi connectivity index (χ0n) is 17.2. The number of urea groups is 1. The minimum Gasteiger partial charge on any atom is -0.497 e. The van der Waals surface area contributed by atoms with Crippen molar-refractivity contribution < 1.29 is 19.1 Å². The number of methoxy groups -OCH3 is 1. The standard InChI is InChI=1S/C21H31N3O4/c1-14(2)13-22-21(27)23-20(26)15(3)24-11-9-17(10-12-24)19(25)16-5-7-18(28-4)8-6-16/h5-8,14-15,17H,9-13H2,1-4H3,(H2,22,23,26,27). The smallest absolute Gasteiger partial charge is 0.321 e. The van der Waals surface area contributed by atoms with Gasteiger partial charge in [-0.3, -0.25) is 19.8 Å². The Bertz CT molecular complexity index is 679. The van der Waals surface area contributed by atoms with Crippen LogP contribution in [0.25, 0.3) is 0 Å². The Morgan fingerprint density at radius 2 is 1.71 bits per heavy atom. The number of benzene rings is 1. The normalized spacial score (nSPS) is 16.5. The van der Waals surface area contributed by atoms with Gasteiger partial charge in [-0.25, -0.2) is 4.79 Å². The molecule has 7 nitrogen and oxygen atoms in total. The molecule has 28 heavy (non-hydrogen) atoms. The Kier molecular flexibility index (Phi) is 7.99. The Balaban J connectivity index is 1.82. The maximum Gasteiger partial charge on any atom is 0.321 e. The van der Waals surface area contributed by atoms with E-state index in [2.05, 4.69) is 10.6 Å². The second-order valence-corrected chi connectivity index (χ2v) is 7.67. The first-order chi connectivity index (χ1) is 13.3. The maximum atomic E-state index is 12.7. The Labute approximate surface area is 166 Å². The molecule has 1 fully saturated rings. The third-order valence-electron chi connectivity index (χ3n) is 5.11. The molecule has 1 saturated heterocycles. The summed E-state index contributed by atoms with van der Waals surface area (Å²) in [4.78, 5) is 38.8. The van der Waals surface area contributed by atoms with E-state index >= 15 is 0 Å². The molecule has 1 aromatic carbocycles. The van der Waals surface area contributed by atoms with Crippen molar-refractivity contribution in [3.63, 3.8) is 0 Å². The topological polar surface area (TPSA) is 87.7 Å². The number of Topliss-reactive ketones (excluding diaryl/α,β-unsaturated/α-hetero) is 1. The molecule has 0 aromatic heterocycles. The Hall–Kier alpha value is -2.41. The lowest BCUT2D eigenvalue weighted by Gasteiger charge is -2.34. The number of rotatable bonds is 7. The molecule has 1 heterocycles. The Morgan fingerprint density at radius 3 is 2.25 bits per heavy atom. The zero-order chi connectivity index (χ0) is 20.7. The molecule has 0 aliphatic carbocycles. The number of imide groups is 1. The van der Waals surface area contributed by atoms with Crippen molar-refractivity contribution in [1.29, 1.82) is 0 Å². The van der Waals surface area contributed by atoms with Gasteiger partial charge in [-0.2, -0.15) is 0 Å². The SMILES string of the molecule is COc1ccc(C(=O)C2CCN(C(C)C(=O)NC(=O)NCC(C)C)CC2)cc1. The highest BCUT2D eigenvalue weighted by Crippen LogP contribution is 2.24. The largest absolute Gasteiger partial charge is 0.497 e. The van der Waals surface area contributed by atoms with Gasteiger partial charge in [0.05, 0.1) is 13.2 Å². The number of carbonyl (C=O) groups excluding carboxylic acids is 3. The summed E-state index contributed by atoms with van der Waals surface area (Å²) in [5, 5.41) is 5.07. The summed E-state index contributed by atoms with van der Waals surface area (Å²) in [5.41, 5.74) is 0.687. The monoisotopic (exact) mass is 389 g/mol. The van der Waals surface area contributed by atoms with Crippen LogP contribution >= 0.6 is 0 Å². The molecule has 7 heteroatoms. The number of nitrogens with zero attached hydrogens (tertiary/aromatic N) is 1. The number of amides is 3. The number of nitrogens with one attached hydrogen (secondary N) is 2. The van der Waals surface area contributed by atoms with E-state index in [4.69, 9.17) is 4.74 Å². The zero-order valence-corrected chi connectivity index (χ0v) is 17.2. The van der Waals surface area contributed by atoms with Gasteiger partial charge in [-0.1, -0.05) is 13.8 Å². The molecule has 1 atom stereocenters. The molecule has 1 unspecified atom stereocenters. The van der Waals surface area contributed by atoms with Gasteiger partial charge in [-0.05, 0) is 63.0 Å². The van der Waals surface area contributed by atoms with Crippen molar-refractivity contribution in [2.45, 2.75) is 39.7 Å². The van der Waals surface area contributed by atoms with Crippen LogP contribution in [0.5, 0.6) is 5.75 Å². The third kappa shape index (κ3) is 6.05. The van der Waals surface area contributed by atoms with E-state index in [0.717, 1.165) is 5.75 Å². The predicted octanol–water partition coefficient (Wildman–Crippen LogP) is 2.46. The van der Waals surface area contributed by atoms with Gasteiger partial charge in [0.1, 0.15) is 5.75 Å². The molecule has 0 spiro atoms. The summed E-state index contributed by atoms with van der Waals surface area (Å²) in [7, 11) is 1.60. The number of ether oxygens (including phenoxy) is 1. The van der Waals surface area contributed by atoms with E-state index in [1.807, 2.05) is 18.7 Å². The van der Waals surface area contributed by atoms with Crippen molar-refractivity contribution in [2.75, 3.05) is 26.7 Å². The van der Waals surface area contributed by atoms with Gasteiger partial charge < -0.3 is 10.1 Å². The third-order valence-corrected chi connectivity index (χ3v) is 5.11. The second-order valence-electron chi connectivity index (χ2n) is 7.67. The molecular formula is C21H31N3O4. The lowest BCUT2D eigenvalue weighted by atomic mass is 9.88. The van der Waals surface area contributed by atoms with Crippen molar-refractivity contribution in [2.24, 2.45) is 11.8 Å². The van der Waals surface area contributed by atoms with Crippen LogP contribution in [0.4, 0.5) is 4.79 Å². The second kappa shape index (κ2) is 10.2. The lowest BCUT2D eigenvalue weighted by Crippen LogP contribution is -2.52. The number of likely N-dealkylation sites (tertiary alicyclic amines) is 1. The van der Waals surface area contributed by atoms with Crippen molar-refractivity contribution in [3.05, 3.63) is 29.8 Å². The lowest BCUT2D eigenvalue weighted by molar-refractivity contribution is -0.125. The van der Waals surface area contributed by atoms with Crippen LogP contribution in [-0.4, -0.2) is 55.4 Å². The van der Waals surface area contributed by atoms with Crippen LogP contribution in [-0.2, 0) is 4.79 Å². The first-order valence-corrected chi connectivity index (χ1v) is 9.82. The summed E-state index contributed by atoms with van der Waals surface area (Å²) in [5.74, 6) is 0.812. The average molecular weight is 389 g/mol. The van der Waals surface area contributed by atoms with Crippen LogP contribution in [0.3, 0.4) is 0 Å². The maximum absolute atomic E-state index is 12.7. The van der Waals surface area contributed by atoms with E-state index in [1.165, 1.54) is 0 Å². The van der Waals surface area contributed by atoms with E-state index in [-0.39, 0.29) is 17.6 Å². The molecule has 2 N–H and O–H groups in total. The first kappa shape index (κ1) is 21.9. The Morgan fingerprint density at radius 1 is 1.11 bits per heavy atom. The van der Waals surface area contributed by atoms with Gasteiger partial charge in [0.25, 0.3) is 0 Å². The highest BCUT2D eigenvalue weighted by molar-refractivity contribution is 5.98. The highest BCUT2D eigenvalue weighted by Gasteiger charge is 2.30. The van der Waals surface area contributed by atoms with Gasteiger partial charge in [0.2, 0.25) is 5.91 Å². The van der Waals surface area contributed by atoms with E-state index in [1.54, 1.807) is 38.3 Å². The fraction of sp³-hybridized carbons (Fsp3) is 0.571. The van der Waals surface area contributed by atoms with Gasteiger partial charge in [0.15, 0.2) is 5.78 Å². The van der Waals surface area contributed by atoms with E-state index in [9.17, 15) is 14.4 Å². The van der Waals surface area contributed by atoms with Crippen LogP contribution in [0.2, 0.25) is 0 Å². The van der Waals surface area contributed by atoms with Crippen LogP contribution in [0, 0.1) is 11.8 Å². The molecule has 154 valence electrons. The summed E-state index contributed by atoms with van der Waals surface area (Å²) >= 11 is 0. The number of hydrogen-bond donors (Lipinski definition) is 2. The van der Waals surface area contributed by atoms with Gasteiger partial charge >= 0.3 is 6.03 Å². The first-order valence-electron chi connectivity index (χ1n) is 9.82. The summed E-state index contributed by atoms with van der Waals surface area (Å²) in [6.45, 7) is 7.58. The quantitative estimate of drug-likeness (QED) is 0.700. The number of ketones is 1. The van der Waals surface area contributed by atoms with Crippen LogP contribution in [0.15, 0.2) is 24.3 Å². The number of hydrogen-bond acceptors (Lipinski definition) is 5. The van der Waals surface area contributed by atoms with Crippen molar-refractivity contribution in [3.8, 4) is 5.75 Å². The van der Waals surface area contributed by atoms with Crippen molar-refractivity contribution in [1.82, 2.24) is 15.5 Å². The summed E-state index contributed by atoms with van der Waals surface area (Å²) in [6.07, 6.45) is 1.39. The minimum atomic E-state index is -0.463. The summed E-state index contributed by atoms with van der Waals surface area (Å²) < 4.78 is 5.13. The molecular weight excluding hydrogens is 358 g/mol.